The number of nitrogens with zero attached hydrogens (tertiary/aromatic N) is 7. The predicted octanol–water partition coefficient (Wildman–Crippen LogP) is 3.45. The van der Waals surface area contributed by atoms with Crippen LogP contribution in [0.2, 0.25) is 18.1 Å². The molecule has 57 heavy (non-hydrogen) atoms. The molecule has 4 aliphatic rings. The van der Waals surface area contributed by atoms with Gasteiger partial charge >= 0.3 is 15.6 Å². The average molecular weight is 858 g/mol. The van der Waals surface area contributed by atoms with Gasteiger partial charge in [-0.1, -0.05) is 20.8 Å². The van der Waals surface area contributed by atoms with Crippen molar-refractivity contribution in [1.29, 1.82) is 0 Å². The molecule has 1 aliphatic carbocycles. The number of halogens is 1. The summed E-state index contributed by atoms with van der Waals surface area (Å²) in [5, 5.41) is 9.78. The van der Waals surface area contributed by atoms with Crippen molar-refractivity contribution < 1.29 is 60.4 Å². The van der Waals surface area contributed by atoms with E-state index in [2.05, 4.69) is 19.9 Å². The van der Waals surface area contributed by atoms with Crippen LogP contribution in [0.5, 0.6) is 0 Å². The fourth-order valence-electron chi connectivity index (χ4n) is 7.53. The molecule has 20 nitrogen and oxygen atoms in total. The Kier molecular flexibility index (Phi) is 10.8. The second-order valence-electron chi connectivity index (χ2n) is 16.2. The number of aromatic nitrogens is 7. The first kappa shape index (κ1) is 40.9. The second-order valence-corrected chi connectivity index (χ2v) is 23.7. The molecule has 3 fully saturated rings. The summed E-state index contributed by atoms with van der Waals surface area (Å²) in [7, 11) is -13.1. The number of ether oxygens (including phenoxy) is 2. The van der Waals surface area contributed by atoms with Crippen molar-refractivity contribution in [3.8, 4) is 0 Å². The van der Waals surface area contributed by atoms with E-state index in [4.69, 9.17) is 32.0 Å². The van der Waals surface area contributed by atoms with Gasteiger partial charge in [0.2, 0.25) is 0 Å². The Morgan fingerprint density at radius 2 is 1.60 bits per heavy atom. The van der Waals surface area contributed by atoms with E-state index in [0.717, 1.165) is 29.5 Å². The molecule has 312 valence electrons. The summed E-state index contributed by atoms with van der Waals surface area (Å²) in [5.74, 6) is 0. The highest BCUT2D eigenvalue weighted by Gasteiger charge is 2.57. The summed E-state index contributed by atoms with van der Waals surface area (Å²) in [4.78, 5) is 53.0. The number of fused-ring (bicyclic) bond motifs is 4. The molecule has 8 rings (SSSR count). The van der Waals surface area contributed by atoms with E-state index >= 15 is 4.39 Å². The van der Waals surface area contributed by atoms with Crippen LogP contribution >= 0.6 is 15.6 Å². The standard InChI is InChI=1S/C33H46FN7O13P2Si/c1-33(2,3)57(4,5)54-26-21-14-49-55(44,45)52-25-20(50-31(23(25)34)40-12-18-8-6-7-9-19-22(18)28(40)36-15-35-19)13-48-56(46,47)53-27(26)32(51-21)41-17-37-24-29(41)38-16-39(10-11-42)30(24)43/h12,15-17,20-21,23,25-27,31-32,42H,6-11,13-14H2,1-5H3,(H,44,45)(H,46,47)/t20-,21-,23-,25-,26-,27-,31-,32-/m1/s1. The van der Waals surface area contributed by atoms with Crippen molar-refractivity contribution >= 4 is 46.2 Å². The lowest BCUT2D eigenvalue weighted by Crippen LogP contribution is -2.50. The number of aliphatic hydroxyl groups excluding tert-OH is 1. The van der Waals surface area contributed by atoms with Crippen molar-refractivity contribution in [2.45, 2.75) is 120 Å². The lowest BCUT2D eigenvalue weighted by molar-refractivity contribution is -0.0670. The van der Waals surface area contributed by atoms with E-state index < -0.39 is 96.9 Å². The smallest absolute Gasteiger partial charge is 0.408 e. The molecule has 4 aromatic heterocycles. The van der Waals surface area contributed by atoms with Crippen LogP contribution in [-0.4, -0.2) is 113 Å². The van der Waals surface area contributed by atoms with Gasteiger partial charge in [-0.05, 0) is 49.4 Å². The number of aliphatic hydroxyl groups is 1. The van der Waals surface area contributed by atoms with Crippen LogP contribution in [0.4, 0.5) is 4.39 Å². The van der Waals surface area contributed by atoms with Crippen LogP contribution in [-0.2, 0) is 60.5 Å². The Hall–Kier alpha value is -2.82. The van der Waals surface area contributed by atoms with Gasteiger partial charge in [0.05, 0.1) is 38.4 Å². The van der Waals surface area contributed by atoms with Gasteiger partial charge in [-0.3, -0.25) is 32.0 Å². The average Bonchev–Trinajstić information content (AvgIpc) is 3.85. The minimum Gasteiger partial charge on any atom is -0.408 e. The quantitative estimate of drug-likeness (QED) is 0.186. The Bertz CT molecular complexity index is 2320. The van der Waals surface area contributed by atoms with Gasteiger partial charge in [-0.25, -0.2) is 33.5 Å². The first-order valence-corrected chi connectivity index (χ1v) is 24.6. The van der Waals surface area contributed by atoms with Crippen molar-refractivity contribution in [3.63, 3.8) is 0 Å². The molecule has 0 saturated carbocycles. The van der Waals surface area contributed by atoms with Gasteiger partial charge in [0.25, 0.3) is 5.56 Å². The van der Waals surface area contributed by atoms with E-state index in [1.54, 1.807) is 6.20 Å². The SMILES string of the molecule is CC(C)(C)[Si](C)(C)O[C@H]1[C@H]2OP(=O)(O)OC[C@H]3O[C@@H](n4cc5c6c(ncnc64)CCCC5)[C@H](F)[C@@H]3OP(=O)(O)OC[C@H]1O[C@H]2n1cnc2c(=O)n(CCO)cnc21. The van der Waals surface area contributed by atoms with E-state index in [1.807, 2.05) is 33.9 Å². The summed E-state index contributed by atoms with van der Waals surface area (Å²) in [6, 6.07) is 0. The molecule has 10 atom stereocenters. The normalized spacial score (nSPS) is 34.1. The lowest BCUT2D eigenvalue weighted by atomic mass is 10.1. The molecule has 0 radical (unpaired) electrons. The molecule has 3 saturated heterocycles. The summed E-state index contributed by atoms with van der Waals surface area (Å²) < 4.78 is 89.8. The molecule has 2 unspecified atom stereocenters. The molecule has 0 amide bonds. The minimum atomic E-state index is -5.15. The zero-order valence-corrected chi connectivity index (χ0v) is 34.7. The Balaban J connectivity index is 1.15. The molecule has 0 spiro atoms. The third-order valence-corrected chi connectivity index (χ3v) is 17.9. The highest BCUT2D eigenvalue weighted by atomic mass is 31.2. The summed E-state index contributed by atoms with van der Waals surface area (Å²) in [5.41, 5.74) is 1.47. The Morgan fingerprint density at radius 1 is 0.912 bits per heavy atom. The van der Waals surface area contributed by atoms with E-state index in [-0.39, 0.29) is 24.3 Å². The van der Waals surface area contributed by atoms with Crippen molar-refractivity contribution in [2.75, 3.05) is 19.8 Å². The first-order valence-electron chi connectivity index (χ1n) is 18.7. The minimum absolute atomic E-state index is 0.0118. The zero-order valence-electron chi connectivity index (χ0n) is 31.9. The highest BCUT2D eigenvalue weighted by Crippen LogP contribution is 2.55. The molecule has 3 aliphatic heterocycles. The molecule has 2 bridgehead atoms. The van der Waals surface area contributed by atoms with Gasteiger partial charge in [-0.15, -0.1) is 0 Å². The maximum atomic E-state index is 16.6. The number of alkyl halides is 1. The third kappa shape index (κ3) is 7.62. The Morgan fingerprint density at radius 3 is 2.32 bits per heavy atom. The van der Waals surface area contributed by atoms with Crippen molar-refractivity contribution in [3.05, 3.63) is 46.8 Å². The third-order valence-electron chi connectivity index (χ3n) is 11.4. The monoisotopic (exact) mass is 857 g/mol. The van der Waals surface area contributed by atoms with Crippen LogP contribution < -0.4 is 5.56 Å². The van der Waals surface area contributed by atoms with Gasteiger partial charge < -0.3 is 33.4 Å². The fourth-order valence-corrected chi connectivity index (χ4v) is 10.7. The van der Waals surface area contributed by atoms with E-state index in [1.165, 1.54) is 32.7 Å². The number of aryl methyl sites for hydroxylation is 2. The van der Waals surface area contributed by atoms with Crippen LogP contribution in [0.25, 0.3) is 22.2 Å². The molecule has 0 aromatic carbocycles. The molecular formula is C33H46FN7O13P2Si. The van der Waals surface area contributed by atoms with E-state index in [9.17, 15) is 28.8 Å². The zero-order chi connectivity index (χ0) is 40.7. The van der Waals surface area contributed by atoms with Gasteiger partial charge in [0.15, 0.2) is 38.1 Å². The van der Waals surface area contributed by atoms with Crippen molar-refractivity contribution in [2.24, 2.45) is 0 Å². The summed E-state index contributed by atoms with van der Waals surface area (Å²) in [6.45, 7) is 7.87. The number of imidazole rings is 1. The number of phosphoric ester groups is 2. The predicted molar refractivity (Wildman–Crippen MR) is 199 cm³/mol. The van der Waals surface area contributed by atoms with Gasteiger partial charge in [0, 0.05) is 11.6 Å². The molecular weight excluding hydrogens is 811 g/mol. The topological polar surface area (TPSA) is 243 Å². The Labute approximate surface area is 326 Å². The second kappa shape index (κ2) is 15.0. The number of hydrogen-bond donors (Lipinski definition) is 3. The highest BCUT2D eigenvalue weighted by molar-refractivity contribution is 7.47. The number of hydrogen-bond acceptors (Lipinski definition) is 15. The van der Waals surface area contributed by atoms with Gasteiger partial charge in [-0.2, -0.15) is 0 Å². The molecule has 4 aromatic rings. The summed E-state index contributed by atoms with van der Waals surface area (Å²) >= 11 is 0. The lowest BCUT2D eigenvalue weighted by Gasteiger charge is -2.40. The maximum absolute atomic E-state index is 16.6. The largest absolute Gasteiger partial charge is 0.472 e. The molecule has 3 N–H and O–H groups in total. The molecule has 7 heterocycles. The van der Waals surface area contributed by atoms with Crippen LogP contribution in [0.1, 0.15) is 57.3 Å². The number of rotatable bonds is 6. The van der Waals surface area contributed by atoms with Crippen LogP contribution in [0.15, 0.2) is 30.0 Å². The summed E-state index contributed by atoms with van der Waals surface area (Å²) in [6.07, 6.45) is -3.50. The van der Waals surface area contributed by atoms with Crippen molar-refractivity contribution in [1.82, 2.24) is 33.6 Å². The fraction of sp³-hybridized carbons (Fsp3) is 0.667. The van der Waals surface area contributed by atoms with Crippen LogP contribution in [0.3, 0.4) is 0 Å². The van der Waals surface area contributed by atoms with E-state index in [0.29, 0.717) is 18.5 Å². The van der Waals surface area contributed by atoms with Crippen LogP contribution in [0, 0.1) is 0 Å². The molecule has 24 heteroatoms. The maximum Gasteiger partial charge on any atom is 0.472 e. The number of phosphoric acid groups is 2. The first-order chi connectivity index (χ1) is 26.9. The van der Waals surface area contributed by atoms with Gasteiger partial charge in [0.1, 0.15) is 48.8 Å².